The Morgan fingerprint density at radius 1 is 1.07 bits per heavy atom. The summed E-state index contributed by atoms with van der Waals surface area (Å²) in [6, 6.07) is 3.05. The van der Waals surface area contributed by atoms with Crippen molar-refractivity contribution in [1.29, 1.82) is 0 Å². The third-order valence-electron chi connectivity index (χ3n) is 2.46. The topological polar surface area (TPSA) is 3.24 Å². The Morgan fingerprint density at radius 3 is 2.36 bits per heavy atom. The zero-order valence-corrected chi connectivity index (χ0v) is 9.08. The molecule has 0 bridgehead atoms. The van der Waals surface area contributed by atoms with E-state index in [2.05, 4.69) is 4.90 Å². The fourth-order valence-electron chi connectivity index (χ4n) is 1.72. The third kappa shape index (κ3) is 1.69. The predicted molar refractivity (Wildman–Crippen MR) is 57.9 cm³/mol. The van der Waals surface area contributed by atoms with Crippen LogP contribution in [0.2, 0.25) is 10.0 Å². The molecule has 1 heterocycles. The van der Waals surface area contributed by atoms with Crippen LogP contribution in [0.4, 0.5) is 10.1 Å². The van der Waals surface area contributed by atoms with Crippen molar-refractivity contribution >= 4 is 28.9 Å². The van der Waals surface area contributed by atoms with Crippen LogP contribution in [0, 0.1) is 5.82 Å². The quantitative estimate of drug-likeness (QED) is 0.669. The average Bonchev–Trinajstić information content (AvgIpc) is 2.67. The Balaban J connectivity index is 2.38. The first-order valence-electron chi connectivity index (χ1n) is 4.58. The molecule has 0 spiro atoms. The number of hydrogen-bond donors (Lipinski definition) is 0. The molecule has 2 rings (SSSR count). The van der Waals surface area contributed by atoms with E-state index < -0.39 is 5.82 Å². The van der Waals surface area contributed by atoms with E-state index in [4.69, 9.17) is 23.2 Å². The predicted octanol–water partition coefficient (Wildman–Crippen LogP) is 3.73. The summed E-state index contributed by atoms with van der Waals surface area (Å²) in [5.74, 6) is -0.459. The van der Waals surface area contributed by atoms with Crippen LogP contribution in [0.1, 0.15) is 12.8 Å². The smallest absolute Gasteiger partial charge is 0.143 e. The summed E-state index contributed by atoms with van der Waals surface area (Å²) in [6.07, 6.45) is 2.32. The second-order valence-electron chi connectivity index (χ2n) is 3.39. The van der Waals surface area contributed by atoms with E-state index in [1.165, 1.54) is 6.07 Å². The highest BCUT2D eigenvalue weighted by molar-refractivity contribution is 6.43. The van der Waals surface area contributed by atoms with Crippen LogP contribution in [0.15, 0.2) is 12.1 Å². The summed E-state index contributed by atoms with van der Waals surface area (Å²) in [4.78, 5) is 2.13. The Morgan fingerprint density at radius 2 is 1.71 bits per heavy atom. The first-order valence-corrected chi connectivity index (χ1v) is 5.34. The molecular formula is C10H10Cl2FN. The van der Waals surface area contributed by atoms with Crippen molar-refractivity contribution < 1.29 is 4.39 Å². The van der Waals surface area contributed by atoms with Crippen LogP contribution >= 0.6 is 23.2 Å². The Hall–Kier alpha value is -0.470. The van der Waals surface area contributed by atoms with Gasteiger partial charge in [-0.1, -0.05) is 23.2 Å². The van der Waals surface area contributed by atoms with E-state index in [1.807, 2.05) is 0 Å². The summed E-state index contributed by atoms with van der Waals surface area (Å²) in [6.45, 7) is 1.95. The minimum Gasteiger partial charge on any atom is -0.370 e. The fourth-order valence-corrected chi connectivity index (χ4v) is 2.15. The first kappa shape index (κ1) is 10.1. The van der Waals surface area contributed by atoms with Gasteiger partial charge in [0, 0.05) is 13.1 Å². The van der Waals surface area contributed by atoms with Crippen molar-refractivity contribution in [1.82, 2.24) is 0 Å². The van der Waals surface area contributed by atoms with Crippen molar-refractivity contribution in [2.45, 2.75) is 12.8 Å². The molecule has 0 atom stereocenters. The maximum absolute atomic E-state index is 13.0. The maximum atomic E-state index is 13.0. The summed E-state index contributed by atoms with van der Waals surface area (Å²) >= 11 is 11.7. The van der Waals surface area contributed by atoms with Gasteiger partial charge in [-0.15, -0.1) is 0 Å². The average molecular weight is 234 g/mol. The van der Waals surface area contributed by atoms with E-state index in [9.17, 15) is 4.39 Å². The lowest BCUT2D eigenvalue weighted by atomic mass is 10.3. The van der Waals surface area contributed by atoms with E-state index in [-0.39, 0.29) is 5.02 Å². The van der Waals surface area contributed by atoms with Crippen LogP contribution in [0.5, 0.6) is 0 Å². The van der Waals surface area contributed by atoms with Gasteiger partial charge in [-0.05, 0) is 25.0 Å². The molecule has 1 fully saturated rings. The van der Waals surface area contributed by atoms with Gasteiger partial charge < -0.3 is 4.90 Å². The Bertz CT molecular complexity index is 348. The van der Waals surface area contributed by atoms with Gasteiger partial charge in [-0.25, -0.2) is 4.39 Å². The minimum absolute atomic E-state index is 0.0241. The molecule has 0 unspecified atom stereocenters. The number of halogens is 3. The molecule has 1 aliphatic heterocycles. The Kier molecular flexibility index (Phi) is 2.84. The molecule has 1 aliphatic rings. The number of nitrogens with zero attached hydrogens (tertiary/aromatic N) is 1. The van der Waals surface area contributed by atoms with Crippen molar-refractivity contribution in [2.75, 3.05) is 18.0 Å². The molecule has 1 nitrogen and oxygen atoms in total. The third-order valence-corrected chi connectivity index (χ3v) is 3.31. The van der Waals surface area contributed by atoms with E-state index >= 15 is 0 Å². The van der Waals surface area contributed by atoms with Crippen molar-refractivity contribution in [3.63, 3.8) is 0 Å². The minimum atomic E-state index is -0.459. The molecule has 1 aromatic rings. The zero-order chi connectivity index (χ0) is 10.1. The highest BCUT2D eigenvalue weighted by Crippen LogP contribution is 2.35. The molecule has 1 saturated heterocycles. The maximum Gasteiger partial charge on any atom is 0.143 e. The van der Waals surface area contributed by atoms with Gasteiger partial charge in [0.2, 0.25) is 0 Å². The Labute approximate surface area is 92.4 Å². The molecule has 0 aliphatic carbocycles. The molecule has 0 amide bonds. The molecule has 76 valence electrons. The van der Waals surface area contributed by atoms with Crippen molar-refractivity contribution in [3.05, 3.63) is 28.0 Å². The lowest BCUT2D eigenvalue weighted by molar-refractivity contribution is 0.628. The van der Waals surface area contributed by atoms with Crippen LogP contribution in [0.3, 0.4) is 0 Å². The van der Waals surface area contributed by atoms with E-state index in [0.717, 1.165) is 31.6 Å². The highest BCUT2D eigenvalue weighted by Gasteiger charge is 2.18. The van der Waals surface area contributed by atoms with Crippen molar-refractivity contribution in [2.24, 2.45) is 0 Å². The fraction of sp³-hybridized carbons (Fsp3) is 0.400. The molecule has 0 saturated carbocycles. The van der Waals surface area contributed by atoms with Gasteiger partial charge in [0.05, 0.1) is 15.7 Å². The molecule has 14 heavy (non-hydrogen) atoms. The van der Waals surface area contributed by atoms with Gasteiger partial charge in [-0.2, -0.15) is 0 Å². The van der Waals surface area contributed by atoms with Crippen LogP contribution in [-0.4, -0.2) is 13.1 Å². The number of anilines is 1. The van der Waals surface area contributed by atoms with Crippen molar-refractivity contribution in [3.8, 4) is 0 Å². The van der Waals surface area contributed by atoms with Gasteiger partial charge in [0.15, 0.2) is 0 Å². The number of hydrogen-bond acceptors (Lipinski definition) is 1. The lowest BCUT2D eigenvalue weighted by Gasteiger charge is -2.19. The van der Waals surface area contributed by atoms with E-state index in [0.29, 0.717) is 5.02 Å². The van der Waals surface area contributed by atoms with E-state index in [1.54, 1.807) is 6.07 Å². The molecule has 1 aromatic carbocycles. The van der Waals surface area contributed by atoms with Crippen LogP contribution < -0.4 is 4.90 Å². The molecule has 0 radical (unpaired) electrons. The lowest BCUT2D eigenvalue weighted by Crippen LogP contribution is -2.18. The monoisotopic (exact) mass is 233 g/mol. The van der Waals surface area contributed by atoms with Gasteiger partial charge in [0.1, 0.15) is 5.82 Å². The second-order valence-corrected chi connectivity index (χ2v) is 4.14. The SMILES string of the molecule is Fc1ccc(N2CCCC2)c(Cl)c1Cl. The zero-order valence-electron chi connectivity index (χ0n) is 7.56. The molecular weight excluding hydrogens is 224 g/mol. The molecule has 4 heteroatoms. The first-order chi connectivity index (χ1) is 6.70. The number of rotatable bonds is 1. The molecule has 0 aromatic heterocycles. The summed E-state index contributed by atoms with van der Waals surface area (Å²) in [5, 5.41) is 0.352. The van der Waals surface area contributed by atoms with Gasteiger partial charge >= 0.3 is 0 Å². The largest absolute Gasteiger partial charge is 0.370 e. The second kappa shape index (κ2) is 3.95. The highest BCUT2D eigenvalue weighted by atomic mass is 35.5. The summed E-state index contributed by atoms with van der Waals surface area (Å²) in [5.41, 5.74) is 0.843. The summed E-state index contributed by atoms with van der Waals surface area (Å²) < 4.78 is 13.0. The summed E-state index contributed by atoms with van der Waals surface area (Å²) in [7, 11) is 0. The normalized spacial score (nSPS) is 16.4. The van der Waals surface area contributed by atoms with Crippen LogP contribution in [0.25, 0.3) is 0 Å². The molecule has 0 N–H and O–H groups in total. The standard InChI is InChI=1S/C10H10Cl2FN/c11-9-7(13)3-4-8(10(9)12)14-5-1-2-6-14/h3-4H,1-2,5-6H2. The van der Waals surface area contributed by atoms with Gasteiger partial charge in [-0.3, -0.25) is 0 Å². The van der Waals surface area contributed by atoms with Crippen LogP contribution in [-0.2, 0) is 0 Å². The van der Waals surface area contributed by atoms with Gasteiger partial charge in [0.25, 0.3) is 0 Å². The number of benzene rings is 1.